The smallest absolute Gasteiger partial charge is 0.230 e. The molecule has 2 atom stereocenters. The van der Waals surface area contributed by atoms with E-state index in [1.54, 1.807) is 11.8 Å². The molecule has 1 N–H and O–H groups in total. The topological polar surface area (TPSA) is 29.1 Å². The zero-order valence-electron chi connectivity index (χ0n) is 10.3. The Morgan fingerprint density at radius 3 is 2.83 bits per heavy atom. The van der Waals surface area contributed by atoms with Crippen LogP contribution in [0.5, 0.6) is 0 Å². The number of amides is 1. The van der Waals surface area contributed by atoms with Gasteiger partial charge in [0.2, 0.25) is 5.91 Å². The highest BCUT2D eigenvalue weighted by Crippen LogP contribution is 2.27. The number of nitrogens with one attached hydrogen (secondary N) is 1. The van der Waals surface area contributed by atoms with Gasteiger partial charge in [-0.25, -0.2) is 0 Å². The van der Waals surface area contributed by atoms with Gasteiger partial charge in [0.05, 0.1) is 5.75 Å². The van der Waals surface area contributed by atoms with Crippen LogP contribution in [0.1, 0.15) is 19.3 Å². The molecule has 18 heavy (non-hydrogen) atoms. The summed E-state index contributed by atoms with van der Waals surface area (Å²) in [6.07, 6.45) is 3.58. The maximum Gasteiger partial charge on any atom is 0.230 e. The molecule has 1 aliphatic carbocycles. The van der Waals surface area contributed by atoms with Crippen molar-refractivity contribution in [1.82, 2.24) is 5.32 Å². The highest BCUT2D eigenvalue weighted by molar-refractivity contribution is 9.09. The van der Waals surface area contributed by atoms with Crippen LogP contribution in [-0.2, 0) is 4.79 Å². The van der Waals surface area contributed by atoms with Crippen molar-refractivity contribution in [2.75, 3.05) is 11.1 Å². The van der Waals surface area contributed by atoms with E-state index in [1.165, 1.54) is 12.8 Å². The Bertz CT molecular complexity index is 385. The second-order valence-corrected chi connectivity index (χ2v) is 6.32. The number of hydrogen-bond donors (Lipinski definition) is 1. The number of carbonyl (C=O) groups is 1. The standard InChI is InChI=1S/C14H18BrNOS/c15-9-11-5-4-8-13(11)16-14(17)10-18-12-6-2-1-3-7-12/h1-3,6-7,11,13H,4-5,8-10H2,(H,16,17). The molecular weight excluding hydrogens is 310 g/mol. The molecule has 1 amide bonds. The molecule has 0 radical (unpaired) electrons. The van der Waals surface area contributed by atoms with E-state index in [-0.39, 0.29) is 5.91 Å². The molecule has 1 fully saturated rings. The van der Waals surface area contributed by atoms with Gasteiger partial charge in [0, 0.05) is 16.3 Å². The Balaban J connectivity index is 1.75. The van der Waals surface area contributed by atoms with E-state index >= 15 is 0 Å². The Labute approximate surface area is 121 Å². The predicted octanol–water partition coefficient (Wildman–Crippen LogP) is 3.46. The third-order valence-electron chi connectivity index (χ3n) is 3.32. The van der Waals surface area contributed by atoms with Gasteiger partial charge in [-0.1, -0.05) is 40.5 Å². The molecular formula is C14H18BrNOS. The van der Waals surface area contributed by atoms with Crippen LogP contribution >= 0.6 is 27.7 Å². The van der Waals surface area contributed by atoms with Crippen LogP contribution in [-0.4, -0.2) is 23.0 Å². The average molecular weight is 328 g/mol. The number of carbonyl (C=O) groups excluding carboxylic acids is 1. The van der Waals surface area contributed by atoms with Crippen LogP contribution in [0.25, 0.3) is 0 Å². The van der Waals surface area contributed by atoms with Crippen LogP contribution in [0, 0.1) is 5.92 Å². The number of thioether (sulfide) groups is 1. The zero-order chi connectivity index (χ0) is 12.8. The normalized spacial score (nSPS) is 22.9. The summed E-state index contributed by atoms with van der Waals surface area (Å²) in [5.74, 6) is 1.27. The molecule has 1 aliphatic rings. The highest BCUT2D eigenvalue weighted by Gasteiger charge is 2.27. The summed E-state index contributed by atoms with van der Waals surface area (Å²) in [7, 11) is 0. The Hall–Kier alpha value is -0.480. The van der Waals surface area contributed by atoms with Crippen molar-refractivity contribution in [3.8, 4) is 0 Å². The van der Waals surface area contributed by atoms with Gasteiger partial charge in [-0.15, -0.1) is 11.8 Å². The first-order valence-electron chi connectivity index (χ1n) is 6.33. The number of benzene rings is 1. The molecule has 98 valence electrons. The van der Waals surface area contributed by atoms with E-state index in [4.69, 9.17) is 0 Å². The second-order valence-electron chi connectivity index (χ2n) is 4.62. The van der Waals surface area contributed by atoms with Crippen LogP contribution in [0.4, 0.5) is 0 Å². The molecule has 0 spiro atoms. The number of rotatable bonds is 5. The zero-order valence-corrected chi connectivity index (χ0v) is 12.7. The van der Waals surface area contributed by atoms with Crippen LogP contribution < -0.4 is 5.32 Å². The predicted molar refractivity (Wildman–Crippen MR) is 80.2 cm³/mol. The Morgan fingerprint density at radius 1 is 1.33 bits per heavy atom. The van der Waals surface area contributed by atoms with E-state index in [0.29, 0.717) is 17.7 Å². The average Bonchev–Trinajstić information content (AvgIpc) is 2.85. The van der Waals surface area contributed by atoms with Gasteiger partial charge >= 0.3 is 0 Å². The van der Waals surface area contributed by atoms with Crippen molar-refractivity contribution < 1.29 is 4.79 Å². The Kier molecular flexibility index (Phi) is 5.57. The van der Waals surface area contributed by atoms with Gasteiger partial charge in [0.25, 0.3) is 0 Å². The van der Waals surface area contributed by atoms with Gasteiger partial charge in [-0.3, -0.25) is 4.79 Å². The largest absolute Gasteiger partial charge is 0.352 e. The minimum atomic E-state index is 0.154. The molecule has 4 heteroatoms. The minimum Gasteiger partial charge on any atom is -0.352 e. The van der Waals surface area contributed by atoms with Crippen LogP contribution in [0.15, 0.2) is 35.2 Å². The summed E-state index contributed by atoms with van der Waals surface area (Å²) in [4.78, 5) is 13.0. The lowest BCUT2D eigenvalue weighted by Gasteiger charge is -2.18. The molecule has 0 aromatic heterocycles. The first-order chi connectivity index (χ1) is 8.79. The van der Waals surface area contributed by atoms with E-state index in [0.717, 1.165) is 16.6 Å². The fraction of sp³-hybridized carbons (Fsp3) is 0.500. The van der Waals surface area contributed by atoms with Gasteiger partial charge < -0.3 is 5.32 Å². The van der Waals surface area contributed by atoms with E-state index in [1.807, 2.05) is 30.3 Å². The fourth-order valence-corrected chi connectivity index (χ4v) is 3.83. The monoisotopic (exact) mass is 327 g/mol. The third-order valence-corrected chi connectivity index (χ3v) is 5.16. The van der Waals surface area contributed by atoms with Crippen molar-refractivity contribution in [2.45, 2.75) is 30.2 Å². The molecule has 1 aromatic carbocycles. The van der Waals surface area contributed by atoms with Gasteiger partial charge in [-0.05, 0) is 30.9 Å². The molecule has 2 unspecified atom stereocenters. The summed E-state index contributed by atoms with van der Waals surface area (Å²) in [6.45, 7) is 0. The first-order valence-corrected chi connectivity index (χ1v) is 8.43. The van der Waals surface area contributed by atoms with Crippen molar-refractivity contribution in [3.63, 3.8) is 0 Å². The van der Waals surface area contributed by atoms with Crippen molar-refractivity contribution in [3.05, 3.63) is 30.3 Å². The molecule has 2 rings (SSSR count). The quantitative estimate of drug-likeness (QED) is 0.662. The van der Waals surface area contributed by atoms with Crippen molar-refractivity contribution in [2.24, 2.45) is 5.92 Å². The lowest BCUT2D eigenvalue weighted by atomic mass is 10.1. The Morgan fingerprint density at radius 2 is 2.11 bits per heavy atom. The van der Waals surface area contributed by atoms with Crippen LogP contribution in [0.3, 0.4) is 0 Å². The van der Waals surface area contributed by atoms with Crippen molar-refractivity contribution in [1.29, 1.82) is 0 Å². The van der Waals surface area contributed by atoms with E-state index < -0.39 is 0 Å². The van der Waals surface area contributed by atoms with Crippen LogP contribution in [0.2, 0.25) is 0 Å². The molecule has 0 heterocycles. The summed E-state index contributed by atoms with van der Waals surface area (Å²) < 4.78 is 0. The summed E-state index contributed by atoms with van der Waals surface area (Å²) >= 11 is 5.12. The molecule has 0 saturated heterocycles. The molecule has 2 nitrogen and oxygen atoms in total. The minimum absolute atomic E-state index is 0.154. The number of hydrogen-bond acceptors (Lipinski definition) is 2. The SMILES string of the molecule is O=C(CSc1ccccc1)NC1CCCC1CBr. The third kappa shape index (κ3) is 4.02. The van der Waals surface area contributed by atoms with Gasteiger partial charge in [0.1, 0.15) is 0 Å². The van der Waals surface area contributed by atoms with E-state index in [2.05, 4.69) is 21.2 Å². The fourth-order valence-electron chi connectivity index (χ4n) is 2.33. The molecule has 0 aliphatic heterocycles. The maximum absolute atomic E-state index is 11.9. The maximum atomic E-state index is 11.9. The summed E-state index contributed by atoms with van der Waals surface area (Å²) in [6, 6.07) is 10.4. The molecule has 1 saturated carbocycles. The number of alkyl halides is 1. The van der Waals surface area contributed by atoms with E-state index in [9.17, 15) is 4.79 Å². The summed E-state index contributed by atoms with van der Waals surface area (Å²) in [5.41, 5.74) is 0. The highest BCUT2D eigenvalue weighted by atomic mass is 79.9. The lowest BCUT2D eigenvalue weighted by Crippen LogP contribution is -2.38. The lowest BCUT2D eigenvalue weighted by molar-refractivity contribution is -0.119. The first kappa shape index (κ1) is 13.9. The molecule has 1 aromatic rings. The number of halogens is 1. The molecule has 0 bridgehead atoms. The van der Waals surface area contributed by atoms with Crippen molar-refractivity contribution >= 4 is 33.6 Å². The second kappa shape index (κ2) is 7.19. The summed E-state index contributed by atoms with van der Waals surface area (Å²) in [5, 5.41) is 4.15. The van der Waals surface area contributed by atoms with Gasteiger partial charge in [0.15, 0.2) is 0 Å². The van der Waals surface area contributed by atoms with Gasteiger partial charge in [-0.2, -0.15) is 0 Å².